The number of aliphatic hydroxyl groups excluding tert-OH is 2. The maximum Gasteiger partial charge on any atom is 0.0568 e. The van der Waals surface area contributed by atoms with Gasteiger partial charge in [-0.25, -0.2) is 0 Å². The Morgan fingerprint density at radius 3 is 2.50 bits per heavy atom. The largest absolute Gasteiger partial charge is 0.396 e. The molecule has 10 heavy (non-hydrogen) atoms. The van der Waals surface area contributed by atoms with Crippen LogP contribution in [0.3, 0.4) is 0 Å². The molecule has 0 amide bonds. The zero-order chi connectivity index (χ0) is 7.82. The molecule has 0 aliphatic carbocycles. The maximum atomic E-state index is 8.46. The summed E-state index contributed by atoms with van der Waals surface area (Å²) in [4.78, 5) is 0. The lowest BCUT2D eigenvalue weighted by Gasteiger charge is -2.09. The van der Waals surface area contributed by atoms with Crippen molar-refractivity contribution in [1.82, 2.24) is 0 Å². The molecule has 0 aromatic rings. The molecule has 1 atom stereocenters. The standard InChI is InChI=1S/C7H16O3/c1-7(3-5-9)10-6-2-4-8/h7-9H,2-6H2,1H3. The number of aliphatic hydroxyl groups is 2. The van der Waals surface area contributed by atoms with Gasteiger partial charge in [-0.15, -0.1) is 0 Å². The molecule has 2 N–H and O–H groups in total. The fourth-order valence-electron chi connectivity index (χ4n) is 0.614. The summed E-state index contributed by atoms with van der Waals surface area (Å²) in [6.07, 6.45) is 1.46. The molecule has 0 heterocycles. The summed E-state index contributed by atoms with van der Waals surface area (Å²) in [5.41, 5.74) is 0. The van der Waals surface area contributed by atoms with Crippen molar-refractivity contribution in [2.24, 2.45) is 0 Å². The quantitative estimate of drug-likeness (QED) is 0.527. The Kier molecular flexibility index (Phi) is 6.91. The van der Waals surface area contributed by atoms with Crippen molar-refractivity contribution in [1.29, 1.82) is 0 Å². The van der Waals surface area contributed by atoms with Gasteiger partial charge in [0.2, 0.25) is 0 Å². The molecular formula is C7H16O3. The highest BCUT2D eigenvalue weighted by Gasteiger charge is 1.98. The molecule has 0 aromatic carbocycles. The lowest BCUT2D eigenvalue weighted by atomic mass is 10.3. The smallest absolute Gasteiger partial charge is 0.0568 e. The first-order valence-electron chi connectivity index (χ1n) is 3.64. The third-order valence-electron chi connectivity index (χ3n) is 1.24. The van der Waals surface area contributed by atoms with E-state index in [9.17, 15) is 0 Å². The van der Waals surface area contributed by atoms with Crippen LogP contribution in [0.4, 0.5) is 0 Å². The van der Waals surface area contributed by atoms with Crippen LogP contribution in [0.15, 0.2) is 0 Å². The van der Waals surface area contributed by atoms with Crippen LogP contribution in [0, 0.1) is 0 Å². The molecule has 0 rings (SSSR count). The molecule has 0 aliphatic rings. The molecule has 0 bridgehead atoms. The van der Waals surface area contributed by atoms with E-state index in [2.05, 4.69) is 0 Å². The van der Waals surface area contributed by atoms with E-state index < -0.39 is 0 Å². The Balaban J connectivity index is 2.97. The van der Waals surface area contributed by atoms with Gasteiger partial charge >= 0.3 is 0 Å². The van der Waals surface area contributed by atoms with E-state index >= 15 is 0 Å². The van der Waals surface area contributed by atoms with E-state index in [1.807, 2.05) is 6.92 Å². The highest BCUT2D eigenvalue weighted by atomic mass is 16.5. The van der Waals surface area contributed by atoms with E-state index in [4.69, 9.17) is 14.9 Å². The van der Waals surface area contributed by atoms with E-state index in [1.54, 1.807) is 0 Å². The Morgan fingerprint density at radius 1 is 1.30 bits per heavy atom. The molecule has 3 nitrogen and oxygen atoms in total. The molecule has 0 saturated carbocycles. The van der Waals surface area contributed by atoms with Crippen molar-refractivity contribution >= 4 is 0 Å². The van der Waals surface area contributed by atoms with Crippen LogP contribution in [-0.4, -0.2) is 36.1 Å². The molecule has 0 fully saturated rings. The van der Waals surface area contributed by atoms with E-state index in [1.165, 1.54) is 0 Å². The summed E-state index contributed by atoms with van der Waals surface area (Å²) >= 11 is 0. The van der Waals surface area contributed by atoms with Crippen LogP contribution >= 0.6 is 0 Å². The van der Waals surface area contributed by atoms with E-state index in [0.717, 1.165) is 0 Å². The van der Waals surface area contributed by atoms with Crippen LogP contribution in [0.25, 0.3) is 0 Å². The Labute approximate surface area is 61.6 Å². The van der Waals surface area contributed by atoms with Crippen LogP contribution in [0.5, 0.6) is 0 Å². The van der Waals surface area contributed by atoms with Gasteiger partial charge in [-0.3, -0.25) is 0 Å². The third-order valence-corrected chi connectivity index (χ3v) is 1.24. The molecule has 1 unspecified atom stereocenters. The average molecular weight is 148 g/mol. The van der Waals surface area contributed by atoms with Crippen LogP contribution in [0.2, 0.25) is 0 Å². The first-order chi connectivity index (χ1) is 4.81. The van der Waals surface area contributed by atoms with Crippen molar-refractivity contribution in [2.45, 2.75) is 25.9 Å². The molecular weight excluding hydrogens is 132 g/mol. The Morgan fingerprint density at radius 2 is 2.00 bits per heavy atom. The highest BCUT2D eigenvalue weighted by Crippen LogP contribution is 1.96. The second-order valence-electron chi connectivity index (χ2n) is 2.27. The first kappa shape index (κ1) is 9.88. The van der Waals surface area contributed by atoms with Crippen LogP contribution < -0.4 is 0 Å². The van der Waals surface area contributed by atoms with E-state index in [-0.39, 0.29) is 19.3 Å². The zero-order valence-electron chi connectivity index (χ0n) is 6.42. The maximum absolute atomic E-state index is 8.46. The minimum absolute atomic E-state index is 0.108. The number of hydrogen-bond acceptors (Lipinski definition) is 3. The SMILES string of the molecule is CC(CCO)OCCCO. The summed E-state index contributed by atoms with van der Waals surface area (Å²) in [7, 11) is 0. The summed E-state index contributed by atoms with van der Waals surface area (Å²) in [6.45, 7) is 2.83. The summed E-state index contributed by atoms with van der Waals surface area (Å²) in [6, 6.07) is 0. The normalized spacial score (nSPS) is 13.5. The first-order valence-corrected chi connectivity index (χ1v) is 3.64. The molecule has 0 saturated heterocycles. The molecule has 62 valence electrons. The van der Waals surface area contributed by atoms with Gasteiger partial charge in [0.25, 0.3) is 0 Å². The monoisotopic (exact) mass is 148 g/mol. The molecule has 0 radical (unpaired) electrons. The predicted octanol–water partition coefficient (Wildman–Crippen LogP) is 0.156. The van der Waals surface area contributed by atoms with E-state index in [0.29, 0.717) is 19.4 Å². The van der Waals surface area contributed by atoms with Gasteiger partial charge in [0.1, 0.15) is 0 Å². The fraction of sp³-hybridized carbons (Fsp3) is 1.00. The number of ether oxygens (including phenoxy) is 1. The van der Waals surface area contributed by atoms with Crippen LogP contribution in [0.1, 0.15) is 19.8 Å². The Bertz CT molecular complexity index is 65.9. The third kappa shape index (κ3) is 6.01. The molecule has 3 heteroatoms. The second-order valence-corrected chi connectivity index (χ2v) is 2.27. The zero-order valence-corrected chi connectivity index (χ0v) is 6.42. The molecule has 0 spiro atoms. The lowest BCUT2D eigenvalue weighted by molar-refractivity contribution is 0.0399. The minimum Gasteiger partial charge on any atom is -0.396 e. The lowest BCUT2D eigenvalue weighted by Crippen LogP contribution is -2.11. The van der Waals surface area contributed by atoms with Gasteiger partial charge in [-0.1, -0.05) is 0 Å². The van der Waals surface area contributed by atoms with Gasteiger partial charge < -0.3 is 14.9 Å². The van der Waals surface area contributed by atoms with Gasteiger partial charge in [-0.2, -0.15) is 0 Å². The van der Waals surface area contributed by atoms with Crippen molar-refractivity contribution in [3.05, 3.63) is 0 Å². The van der Waals surface area contributed by atoms with Crippen molar-refractivity contribution in [2.75, 3.05) is 19.8 Å². The average Bonchev–Trinajstić information content (AvgIpc) is 1.89. The highest BCUT2D eigenvalue weighted by molar-refractivity contribution is 4.47. The number of hydrogen-bond donors (Lipinski definition) is 2. The van der Waals surface area contributed by atoms with Gasteiger partial charge in [0.05, 0.1) is 6.10 Å². The van der Waals surface area contributed by atoms with Gasteiger partial charge in [0.15, 0.2) is 0 Å². The van der Waals surface area contributed by atoms with Crippen molar-refractivity contribution in [3.63, 3.8) is 0 Å². The molecule has 0 aromatic heterocycles. The topological polar surface area (TPSA) is 49.7 Å². The van der Waals surface area contributed by atoms with Crippen molar-refractivity contribution in [3.8, 4) is 0 Å². The second kappa shape index (κ2) is 6.99. The summed E-state index contributed by atoms with van der Waals surface area (Å²) in [5.74, 6) is 0. The van der Waals surface area contributed by atoms with Crippen LogP contribution in [-0.2, 0) is 4.74 Å². The fourth-order valence-corrected chi connectivity index (χ4v) is 0.614. The van der Waals surface area contributed by atoms with Crippen molar-refractivity contribution < 1.29 is 14.9 Å². The Hall–Kier alpha value is -0.120. The number of rotatable bonds is 6. The predicted molar refractivity (Wildman–Crippen MR) is 38.8 cm³/mol. The minimum atomic E-state index is 0.108. The van der Waals surface area contributed by atoms with Gasteiger partial charge in [-0.05, 0) is 19.8 Å². The summed E-state index contributed by atoms with van der Waals surface area (Å²) < 4.78 is 5.20. The van der Waals surface area contributed by atoms with Gasteiger partial charge in [0, 0.05) is 19.8 Å². The molecule has 0 aliphatic heterocycles. The summed E-state index contributed by atoms with van der Waals surface area (Å²) in [5, 5.41) is 16.8.